The molecule has 1 aliphatic rings. The van der Waals surface area contributed by atoms with Crippen molar-refractivity contribution >= 4 is 34.8 Å². The number of aromatic nitrogens is 1. The molecule has 3 N–H and O–H groups in total. The number of aryl methyl sites for hydroxylation is 1. The van der Waals surface area contributed by atoms with Crippen molar-refractivity contribution in [3.63, 3.8) is 0 Å². The maximum Gasteiger partial charge on any atom is 0.126 e. The summed E-state index contributed by atoms with van der Waals surface area (Å²) in [5, 5.41) is 4.09. The number of rotatable bonds is 4. The van der Waals surface area contributed by atoms with Gasteiger partial charge in [-0.25, -0.2) is 4.98 Å². The second-order valence-electron chi connectivity index (χ2n) is 4.26. The number of thioether (sulfide) groups is 1. The first-order valence-corrected chi connectivity index (χ1v) is 7.25. The lowest BCUT2D eigenvalue weighted by atomic mass is 10.2. The molecule has 0 aromatic carbocycles. The zero-order valence-corrected chi connectivity index (χ0v) is 11.5. The average molecular weight is 267 g/mol. The van der Waals surface area contributed by atoms with Crippen molar-refractivity contribution in [1.82, 2.24) is 4.98 Å². The Morgan fingerprint density at radius 1 is 1.65 bits per heavy atom. The van der Waals surface area contributed by atoms with Crippen LogP contribution in [0.2, 0.25) is 0 Å². The van der Waals surface area contributed by atoms with Gasteiger partial charge in [0.05, 0.1) is 0 Å². The Labute approximate surface area is 112 Å². The maximum absolute atomic E-state index is 5.64. The van der Waals surface area contributed by atoms with Crippen molar-refractivity contribution in [3.05, 3.63) is 23.4 Å². The molecule has 1 aromatic rings. The van der Waals surface area contributed by atoms with Crippen molar-refractivity contribution in [1.29, 1.82) is 0 Å². The molecule has 0 spiro atoms. The molecule has 0 amide bonds. The SMILES string of the molecule is Cc1cc(C(N)=S)cc(NCC2CCCS2)n1. The van der Waals surface area contributed by atoms with E-state index in [1.54, 1.807) is 0 Å². The second-order valence-corrected chi connectivity index (χ2v) is 6.11. The largest absolute Gasteiger partial charge is 0.389 e. The Morgan fingerprint density at radius 2 is 2.47 bits per heavy atom. The molecule has 1 fully saturated rings. The standard InChI is InChI=1S/C12H17N3S2/c1-8-5-9(12(13)16)6-11(15-8)14-7-10-3-2-4-17-10/h5-6,10H,2-4,7H2,1H3,(H2,13,16)(H,14,15). The fourth-order valence-electron chi connectivity index (χ4n) is 1.93. The topological polar surface area (TPSA) is 50.9 Å². The van der Waals surface area contributed by atoms with Gasteiger partial charge in [0.2, 0.25) is 0 Å². The summed E-state index contributed by atoms with van der Waals surface area (Å²) >= 11 is 7.03. The van der Waals surface area contributed by atoms with Crippen LogP contribution in [0.5, 0.6) is 0 Å². The van der Waals surface area contributed by atoms with Gasteiger partial charge in [0.25, 0.3) is 0 Å². The van der Waals surface area contributed by atoms with Gasteiger partial charge in [0.15, 0.2) is 0 Å². The van der Waals surface area contributed by atoms with Crippen LogP contribution in [0, 0.1) is 6.92 Å². The van der Waals surface area contributed by atoms with Crippen molar-refractivity contribution in [2.45, 2.75) is 25.0 Å². The number of nitrogens with zero attached hydrogens (tertiary/aromatic N) is 1. The first kappa shape index (κ1) is 12.6. The van der Waals surface area contributed by atoms with Crippen molar-refractivity contribution < 1.29 is 0 Å². The van der Waals surface area contributed by atoms with Gasteiger partial charge in [-0.1, -0.05) is 12.2 Å². The van der Waals surface area contributed by atoms with E-state index in [0.717, 1.165) is 23.6 Å². The van der Waals surface area contributed by atoms with Gasteiger partial charge in [-0.05, 0) is 37.7 Å². The van der Waals surface area contributed by atoms with E-state index in [0.29, 0.717) is 10.2 Å². The summed E-state index contributed by atoms with van der Waals surface area (Å²) in [4.78, 5) is 4.87. The van der Waals surface area contributed by atoms with E-state index in [4.69, 9.17) is 18.0 Å². The van der Waals surface area contributed by atoms with Crippen LogP contribution in [0.25, 0.3) is 0 Å². The van der Waals surface area contributed by atoms with E-state index in [9.17, 15) is 0 Å². The number of hydrogen-bond donors (Lipinski definition) is 2. The Kier molecular flexibility index (Phi) is 4.23. The molecule has 1 aromatic heterocycles. The molecular formula is C12H17N3S2. The molecule has 1 saturated heterocycles. The zero-order valence-electron chi connectivity index (χ0n) is 9.90. The predicted molar refractivity (Wildman–Crippen MR) is 78.8 cm³/mol. The minimum Gasteiger partial charge on any atom is -0.389 e. The van der Waals surface area contributed by atoms with E-state index in [-0.39, 0.29) is 0 Å². The van der Waals surface area contributed by atoms with Crippen LogP contribution in [0.3, 0.4) is 0 Å². The molecule has 0 aliphatic carbocycles. The van der Waals surface area contributed by atoms with E-state index in [1.807, 2.05) is 30.8 Å². The summed E-state index contributed by atoms with van der Waals surface area (Å²) in [6, 6.07) is 3.84. The van der Waals surface area contributed by atoms with E-state index in [2.05, 4.69) is 10.3 Å². The Balaban J connectivity index is 2.01. The summed E-state index contributed by atoms with van der Waals surface area (Å²) in [5.74, 6) is 2.16. The lowest BCUT2D eigenvalue weighted by molar-refractivity contribution is 0.803. The van der Waals surface area contributed by atoms with Gasteiger partial charge in [0, 0.05) is 23.1 Å². The van der Waals surface area contributed by atoms with E-state index < -0.39 is 0 Å². The number of thiocarbonyl (C=S) groups is 1. The first-order valence-electron chi connectivity index (χ1n) is 5.79. The molecule has 2 rings (SSSR count). The third-order valence-electron chi connectivity index (χ3n) is 2.77. The fourth-order valence-corrected chi connectivity index (χ4v) is 3.24. The fraction of sp³-hybridized carbons (Fsp3) is 0.500. The Bertz CT molecular complexity index is 414. The highest BCUT2D eigenvalue weighted by atomic mass is 32.2. The molecule has 1 atom stereocenters. The van der Waals surface area contributed by atoms with Crippen molar-refractivity contribution in [3.8, 4) is 0 Å². The summed E-state index contributed by atoms with van der Waals surface area (Å²) in [7, 11) is 0. The highest BCUT2D eigenvalue weighted by Gasteiger charge is 2.15. The molecule has 0 bridgehead atoms. The summed E-state index contributed by atoms with van der Waals surface area (Å²) in [6.07, 6.45) is 2.63. The van der Waals surface area contributed by atoms with Crippen LogP contribution in [-0.2, 0) is 0 Å². The van der Waals surface area contributed by atoms with Gasteiger partial charge < -0.3 is 11.1 Å². The summed E-state index contributed by atoms with van der Waals surface area (Å²) in [6.45, 7) is 2.93. The van der Waals surface area contributed by atoms with Crippen LogP contribution in [0.4, 0.5) is 5.82 Å². The Hall–Kier alpha value is -0.810. The number of nitrogens with two attached hydrogens (primary N) is 1. The predicted octanol–water partition coefficient (Wildman–Crippen LogP) is 2.33. The highest BCUT2D eigenvalue weighted by Crippen LogP contribution is 2.26. The van der Waals surface area contributed by atoms with Crippen molar-refractivity contribution in [2.24, 2.45) is 5.73 Å². The number of pyridine rings is 1. The van der Waals surface area contributed by atoms with Gasteiger partial charge >= 0.3 is 0 Å². The minimum absolute atomic E-state index is 0.425. The van der Waals surface area contributed by atoms with Crippen LogP contribution >= 0.6 is 24.0 Å². The number of nitrogens with one attached hydrogen (secondary N) is 1. The van der Waals surface area contributed by atoms with Gasteiger partial charge in [0.1, 0.15) is 10.8 Å². The maximum atomic E-state index is 5.64. The average Bonchev–Trinajstić information content (AvgIpc) is 2.78. The third-order valence-corrected chi connectivity index (χ3v) is 4.41. The van der Waals surface area contributed by atoms with Crippen LogP contribution < -0.4 is 11.1 Å². The molecule has 3 nitrogen and oxygen atoms in total. The summed E-state index contributed by atoms with van der Waals surface area (Å²) < 4.78 is 0. The molecule has 0 saturated carbocycles. The summed E-state index contributed by atoms with van der Waals surface area (Å²) in [5.41, 5.74) is 7.47. The van der Waals surface area contributed by atoms with E-state index in [1.165, 1.54) is 18.6 Å². The monoisotopic (exact) mass is 267 g/mol. The quantitative estimate of drug-likeness (QED) is 0.820. The molecule has 92 valence electrons. The molecule has 5 heteroatoms. The minimum atomic E-state index is 0.425. The molecule has 2 heterocycles. The zero-order chi connectivity index (χ0) is 12.3. The smallest absolute Gasteiger partial charge is 0.126 e. The third kappa shape index (κ3) is 3.57. The normalized spacial score (nSPS) is 19.2. The van der Waals surface area contributed by atoms with Crippen LogP contribution in [-0.4, -0.2) is 27.5 Å². The molecule has 1 aliphatic heterocycles. The lowest BCUT2D eigenvalue weighted by Crippen LogP contribution is -2.16. The molecule has 17 heavy (non-hydrogen) atoms. The Morgan fingerprint density at radius 3 is 3.12 bits per heavy atom. The van der Waals surface area contributed by atoms with Crippen LogP contribution in [0.1, 0.15) is 24.1 Å². The van der Waals surface area contributed by atoms with Gasteiger partial charge in [-0.15, -0.1) is 0 Å². The van der Waals surface area contributed by atoms with Gasteiger partial charge in [-0.2, -0.15) is 11.8 Å². The molecular weight excluding hydrogens is 250 g/mol. The van der Waals surface area contributed by atoms with E-state index >= 15 is 0 Å². The first-order chi connectivity index (χ1) is 8.15. The second kappa shape index (κ2) is 5.69. The lowest BCUT2D eigenvalue weighted by Gasteiger charge is -2.12. The highest BCUT2D eigenvalue weighted by molar-refractivity contribution is 8.00. The van der Waals surface area contributed by atoms with Gasteiger partial charge in [-0.3, -0.25) is 0 Å². The molecule has 0 radical (unpaired) electrons. The molecule has 1 unspecified atom stereocenters. The van der Waals surface area contributed by atoms with Crippen LogP contribution in [0.15, 0.2) is 12.1 Å². The van der Waals surface area contributed by atoms with Crippen molar-refractivity contribution in [2.75, 3.05) is 17.6 Å². The number of hydrogen-bond acceptors (Lipinski definition) is 4. The number of anilines is 1.